The first-order valence-corrected chi connectivity index (χ1v) is 7.12. The monoisotopic (exact) mass is 322 g/mol. The molecule has 0 unspecified atom stereocenters. The van der Waals surface area contributed by atoms with E-state index < -0.39 is 11.7 Å². The van der Waals surface area contributed by atoms with E-state index in [9.17, 15) is 18.0 Å². The van der Waals surface area contributed by atoms with E-state index in [0.717, 1.165) is 23.4 Å². The van der Waals surface area contributed by atoms with Gasteiger partial charge in [-0.25, -0.2) is 0 Å². The van der Waals surface area contributed by atoms with Crippen LogP contribution in [0.25, 0.3) is 0 Å². The Balaban J connectivity index is 1.85. The number of alkyl halides is 3. The molecule has 3 nitrogen and oxygen atoms in total. The highest BCUT2D eigenvalue weighted by atomic mass is 19.4. The lowest BCUT2D eigenvalue weighted by molar-refractivity contribution is -0.137. The van der Waals surface area contributed by atoms with Crippen LogP contribution in [0.2, 0.25) is 0 Å². The van der Waals surface area contributed by atoms with Crippen molar-refractivity contribution < 1.29 is 18.0 Å². The highest BCUT2D eigenvalue weighted by Crippen LogP contribution is 2.30. The molecule has 0 aliphatic rings. The van der Waals surface area contributed by atoms with E-state index in [1.54, 1.807) is 0 Å². The van der Waals surface area contributed by atoms with Crippen LogP contribution in [0.4, 0.5) is 24.5 Å². The summed E-state index contributed by atoms with van der Waals surface area (Å²) in [5.74, 6) is -0.343. The fraction of sp³-hybridized carbons (Fsp3) is 0.235. The lowest BCUT2D eigenvalue weighted by Gasteiger charge is -2.10. The Labute approximate surface area is 132 Å². The summed E-state index contributed by atoms with van der Waals surface area (Å²) in [6, 6.07) is 12.3. The lowest BCUT2D eigenvalue weighted by atomic mass is 10.2. The second kappa shape index (κ2) is 7.17. The largest absolute Gasteiger partial charge is 0.416 e. The van der Waals surface area contributed by atoms with E-state index in [-0.39, 0.29) is 18.0 Å². The molecule has 2 aromatic rings. The second-order valence-corrected chi connectivity index (χ2v) is 5.17. The Hall–Kier alpha value is -2.50. The van der Waals surface area contributed by atoms with Gasteiger partial charge in [-0.1, -0.05) is 18.2 Å². The third-order valence-electron chi connectivity index (χ3n) is 3.17. The smallest absolute Gasteiger partial charge is 0.385 e. The van der Waals surface area contributed by atoms with E-state index >= 15 is 0 Å². The Kier molecular flexibility index (Phi) is 5.26. The predicted octanol–water partition coefficient (Wildman–Crippen LogP) is 4.45. The number of aryl methyl sites for hydroxylation is 1. The number of carbonyl (C=O) groups excluding carboxylic acids is 1. The Morgan fingerprint density at radius 3 is 2.43 bits per heavy atom. The molecule has 0 aliphatic carbocycles. The van der Waals surface area contributed by atoms with Crippen LogP contribution in [0, 0.1) is 6.92 Å². The molecule has 122 valence electrons. The number of rotatable bonds is 5. The third-order valence-corrected chi connectivity index (χ3v) is 3.17. The van der Waals surface area contributed by atoms with Gasteiger partial charge in [0.1, 0.15) is 0 Å². The fourth-order valence-electron chi connectivity index (χ4n) is 2.07. The van der Waals surface area contributed by atoms with E-state index in [0.29, 0.717) is 6.54 Å². The molecule has 1 amide bonds. The van der Waals surface area contributed by atoms with Crippen molar-refractivity contribution in [1.82, 2.24) is 0 Å². The number of halogens is 3. The van der Waals surface area contributed by atoms with E-state index in [4.69, 9.17) is 0 Å². The molecule has 0 aliphatic heterocycles. The molecule has 23 heavy (non-hydrogen) atoms. The molecular formula is C17H17F3N2O. The molecule has 0 spiro atoms. The Morgan fingerprint density at radius 1 is 1.04 bits per heavy atom. The number of benzene rings is 2. The Morgan fingerprint density at radius 2 is 1.74 bits per heavy atom. The van der Waals surface area contributed by atoms with Crippen molar-refractivity contribution >= 4 is 17.3 Å². The van der Waals surface area contributed by atoms with Gasteiger partial charge >= 0.3 is 6.18 Å². The molecule has 0 saturated heterocycles. The maximum atomic E-state index is 12.6. The number of hydrogen-bond acceptors (Lipinski definition) is 2. The van der Waals surface area contributed by atoms with Crippen LogP contribution in [0.1, 0.15) is 17.5 Å². The number of amides is 1. The van der Waals surface area contributed by atoms with E-state index in [1.165, 1.54) is 12.1 Å². The number of carbonyl (C=O) groups is 1. The zero-order chi connectivity index (χ0) is 16.9. The van der Waals surface area contributed by atoms with Crippen LogP contribution in [-0.2, 0) is 11.0 Å². The number of nitrogens with one attached hydrogen (secondary N) is 2. The molecule has 0 heterocycles. The van der Waals surface area contributed by atoms with Gasteiger partial charge in [0, 0.05) is 24.3 Å². The number of anilines is 2. The summed E-state index contributed by atoms with van der Waals surface area (Å²) < 4.78 is 37.8. The summed E-state index contributed by atoms with van der Waals surface area (Å²) in [6.07, 6.45) is -4.27. The molecular weight excluding hydrogens is 305 g/mol. The SMILES string of the molecule is Cc1cccc(NCCC(=O)Nc2cccc(C(F)(F)F)c2)c1. The summed E-state index contributed by atoms with van der Waals surface area (Å²) >= 11 is 0. The van der Waals surface area contributed by atoms with E-state index in [1.807, 2.05) is 31.2 Å². The summed E-state index contributed by atoms with van der Waals surface area (Å²) in [5, 5.41) is 5.57. The standard InChI is InChI=1S/C17H17F3N2O/c1-12-4-2-6-14(10-12)21-9-8-16(23)22-15-7-3-5-13(11-15)17(18,19)20/h2-7,10-11,21H,8-9H2,1H3,(H,22,23). The molecule has 0 atom stereocenters. The molecule has 0 fully saturated rings. The van der Waals surface area contributed by atoms with Crippen LogP contribution in [0.5, 0.6) is 0 Å². The minimum absolute atomic E-state index is 0.139. The molecule has 0 aromatic heterocycles. The van der Waals surface area contributed by atoms with Crippen molar-refractivity contribution in [3.8, 4) is 0 Å². The van der Waals surface area contributed by atoms with Gasteiger partial charge in [0.05, 0.1) is 5.56 Å². The summed E-state index contributed by atoms with van der Waals surface area (Å²) in [7, 11) is 0. The highest BCUT2D eigenvalue weighted by molar-refractivity contribution is 5.91. The van der Waals surface area contributed by atoms with Gasteiger partial charge in [-0.15, -0.1) is 0 Å². The van der Waals surface area contributed by atoms with Crippen LogP contribution < -0.4 is 10.6 Å². The van der Waals surface area contributed by atoms with Crippen LogP contribution in [0.3, 0.4) is 0 Å². The van der Waals surface area contributed by atoms with Crippen LogP contribution in [0.15, 0.2) is 48.5 Å². The maximum Gasteiger partial charge on any atom is 0.416 e. The molecule has 2 N–H and O–H groups in total. The van der Waals surface area contributed by atoms with Crippen molar-refractivity contribution in [2.75, 3.05) is 17.2 Å². The molecule has 2 rings (SSSR count). The average molecular weight is 322 g/mol. The molecule has 0 saturated carbocycles. The fourth-order valence-corrected chi connectivity index (χ4v) is 2.07. The van der Waals surface area contributed by atoms with E-state index in [2.05, 4.69) is 10.6 Å². The normalized spacial score (nSPS) is 11.1. The summed E-state index contributed by atoms with van der Waals surface area (Å²) in [6.45, 7) is 2.36. The predicted molar refractivity (Wildman–Crippen MR) is 84.4 cm³/mol. The zero-order valence-corrected chi connectivity index (χ0v) is 12.6. The summed E-state index contributed by atoms with van der Waals surface area (Å²) in [5.41, 5.74) is 1.36. The van der Waals surface area contributed by atoms with Gasteiger partial charge in [-0.2, -0.15) is 13.2 Å². The Bertz CT molecular complexity index is 684. The molecule has 0 bridgehead atoms. The van der Waals surface area contributed by atoms with Gasteiger partial charge in [-0.3, -0.25) is 4.79 Å². The average Bonchev–Trinajstić information content (AvgIpc) is 2.46. The van der Waals surface area contributed by atoms with Crippen molar-refractivity contribution in [3.63, 3.8) is 0 Å². The van der Waals surface area contributed by atoms with Crippen LogP contribution in [-0.4, -0.2) is 12.5 Å². The highest BCUT2D eigenvalue weighted by Gasteiger charge is 2.30. The van der Waals surface area contributed by atoms with Gasteiger partial charge in [0.2, 0.25) is 5.91 Å². The first-order chi connectivity index (χ1) is 10.8. The lowest BCUT2D eigenvalue weighted by Crippen LogP contribution is -2.16. The van der Waals surface area contributed by atoms with Crippen LogP contribution >= 0.6 is 0 Å². The minimum atomic E-state index is -4.42. The van der Waals surface area contributed by atoms with Gasteiger partial charge < -0.3 is 10.6 Å². The van der Waals surface area contributed by atoms with Crippen molar-refractivity contribution in [2.24, 2.45) is 0 Å². The first-order valence-electron chi connectivity index (χ1n) is 7.12. The molecule has 2 aromatic carbocycles. The van der Waals surface area contributed by atoms with Gasteiger partial charge in [0.15, 0.2) is 0 Å². The topological polar surface area (TPSA) is 41.1 Å². The summed E-state index contributed by atoms with van der Waals surface area (Å²) in [4.78, 5) is 11.8. The van der Waals surface area contributed by atoms with Crippen molar-refractivity contribution in [2.45, 2.75) is 19.5 Å². The molecule has 0 radical (unpaired) electrons. The van der Waals surface area contributed by atoms with Gasteiger partial charge in [-0.05, 0) is 42.8 Å². The molecule has 6 heteroatoms. The third kappa shape index (κ3) is 5.32. The maximum absolute atomic E-state index is 12.6. The first kappa shape index (κ1) is 16.9. The van der Waals surface area contributed by atoms with Crippen molar-refractivity contribution in [1.29, 1.82) is 0 Å². The quantitative estimate of drug-likeness (QED) is 0.853. The van der Waals surface area contributed by atoms with Crippen molar-refractivity contribution in [3.05, 3.63) is 59.7 Å². The number of hydrogen-bond donors (Lipinski definition) is 2. The zero-order valence-electron chi connectivity index (χ0n) is 12.6. The second-order valence-electron chi connectivity index (χ2n) is 5.17. The minimum Gasteiger partial charge on any atom is -0.385 e. The van der Waals surface area contributed by atoms with Gasteiger partial charge in [0.25, 0.3) is 0 Å².